The first kappa shape index (κ1) is 22.1. The molecule has 168 valence electrons. The quantitative estimate of drug-likeness (QED) is 0.531. The normalized spacial score (nSPS) is 13.5. The summed E-state index contributed by atoms with van der Waals surface area (Å²) >= 11 is 0. The van der Waals surface area contributed by atoms with Crippen LogP contribution in [0.5, 0.6) is 5.75 Å². The second-order valence-electron chi connectivity index (χ2n) is 8.03. The fourth-order valence-electron chi connectivity index (χ4n) is 3.76. The highest BCUT2D eigenvalue weighted by molar-refractivity contribution is 6.46. The van der Waals surface area contributed by atoms with E-state index in [1.54, 1.807) is 18.2 Å². The van der Waals surface area contributed by atoms with E-state index in [-0.39, 0.29) is 11.6 Å². The SMILES string of the molecule is CCOc1ccccc1N1C(=O)C(Nc2ccc(N(C)C)cc2)=C(c2ccc(C)cc2)C1=O. The van der Waals surface area contributed by atoms with Gasteiger partial charge in [0.05, 0.1) is 17.9 Å². The average molecular weight is 442 g/mol. The summed E-state index contributed by atoms with van der Waals surface area (Å²) in [6, 6.07) is 22.4. The second kappa shape index (κ2) is 9.20. The number of aryl methyl sites for hydroxylation is 1. The first-order valence-corrected chi connectivity index (χ1v) is 10.9. The van der Waals surface area contributed by atoms with Crippen molar-refractivity contribution in [2.45, 2.75) is 13.8 Å². The number of anilines is 3. The standard InChI is InChI=1S/C27H27N3O3/c1-5-33-23-9-7-6-8-22(23)30-26(31)24(19-12-10-18(2)11-13-19)25(27(30)32)28-20-14-16-21(17-15-20)29(3)4/h6-17,28H,5H2,1-4H3. The summed E-state index contributed by atoms with van der Waals surface area (Å²) in [5.41, 5.74) is 4.52. The number of ether oxygens (including phenoxy) is 1. The Labute approximate surface area is 194 Å². The van der Waals surface area contributed by atoms with Gasteiger partial charge in [0.15, 0.2) is 0 Å². The number of amides is 2. The van der Waals surface area contributed by atoms with Crippen molar-refractivity contribution in [3.63, 3.8) is 0 Å². The second-order valence-corrected chi connectivity index (χ2v) is 8.03. The Morgan fingerprint density at radius 3 is 2.18 bits per heavy atom. The number of benzene rings is 3. The molecule has 3 aromatic carbocycles. The highest BCUT2D eigenvalue weighted by atomic mass is 16.5. The lowest BCUT2D eigenvalue weighted by molar-refractivity contribution is -0.120. The zero-order chi connectivity index (χ0) is 23.5. The molecule has 0 spiro atoms. The largest absolute Gasteiger partial charge is 0.492 e. The van der Waals surface area contributed by atoms with Crippen LogP contribution in [0, 0.1) is 6.92 Å². The third-order valence-electron chi connectivity index (χ3n) is 5.48. The zero-order valence-electron chi connectivity index (χ0n) is 19.3. The molecule has 33 heavy (non-hydrogen) atoms. The molecule has 6 nitrogen and oxygen atoms in total. The number of para-hydroxylation sites is 2. The molecule has 2 amide bonds. The van der Waals surface area contributed by atoms with Crippen molar-refractivity contribution >= 4 is 34.4 Å². The maximum Gasteiger partial charge on any atom is 0.282 e. The zero-order valence-corrected chi connectivity index (χ0v) is 19.3. The molecule has 6 heteroatoms. The fourth-order valence-corrected chi connectivity index (χ4v) is 3.76. The molecule has 1 N–H and O–H groups in total. The van der Waals surface area contributed by atoms with E-state index in [1.807, 2.05) is 87.4 Å². The molecule has 0 atom stereocenters. The van der Waals surface area contributed by atoms with Gasteiger partial charge in [0.25, 0.3) is 11.8 Å². The van der Waals surface area contributed by atoms with E-state index in [4.69, 9.17) is 4.74 Å². The van der Waals surface area contributed by atoms with Crippen molar-refractivity contribution in [3.8, 4) is 5.75 Å². The molecule has 4 rings (SSSR count). The molecule has 3 aromatic rings. The molecule has 0 aliphatic carbocycles. The van der Waals surface area contributed by atoms with Gasteiger partial charge < -0.3 is 15.0 Å². The summed E-state index contributed by atoms with van der Waals surface area (Å²) < 4.78 is 5.70. The van der Waals surface area contributed by atoms with Gasteiger partial charge in [-0.3, -0.25) is 9.59 Å². The van der Waals surface area contributed by atoms with Crippen molar-refractivity contribution in [3.05, 3.63) is 89.6 Å². The lowest BCUT2D eigenvalue weighted by atomic mass is 10.0. The van der Waals surface area contributed by atoms with Crippen LogP contribution in [-0.2, 0) is 9.59 Å². The molecule has 0 unspecified atom stereocenters. The van der Waals surface area contributed by atoms with E-state index < -0.39 is 5.91 Å². The van der Waals surface area contributed by atoms with E-state index in [9.17, 15) is 9.59 Å². The van der Waals surface area contributed by atoms with Crippen LogP contribution < -0.4 is 19.9 Å². The van der Waals surface area contributed by atoms with E-state index >= 15 is 0 Å². The van der Waals surface area contributed by atoms with Gasteiger partial charge in [0.2, 0.25) is 0 Å². The number of carbonyl (C=O) groups is 2. The number of imide groups is 1. The molecule has 0 radical (unpaired) electrons. The minimum absolute atomic E-state index is 0.243. The van der Waals surface area contributed by atoms with Crippen LogP contribution in [0.15, 0.2) is 78.5 Å². The number of hydrogen-bond donors (Lipinski definition) is 1. The molecule has 0 fully saturated rings. The van der Waals surface area contributed by atoms with Gasteiger partial charge in [0.1, 0.15) is 11.4 Å². The lowest BCUT2D eigenvalue weighted by Gasteiger charge is -2.19. The highest BCUT2D eigenvalue weighted by Gasteiger charge is 2.41. The Balaban J connectivity index is 1.79. The Morgan fingerprint density at radius 1 is 0.879 bits per heavy atom. The lowest BCUT2D eigenvalue weighted by Crippen LogP contribution is -2.32. The van der Waals surface area contributed by atoms with Gasteiger partial charge in [-0.1, -0.05) is 42.0 Å². The van der Waals surface area contributed by atoms with Crippen LogP contribution >= 0.6 is 0 Å². The van der Waals surface area contributed by atoms with Crippen LogP contribution in [0.25, 0.3) is 5.57 Å². The summed E-state index contributed by atoms with van der Waals surface area (Å²) in [6.45, 7) is 4.27. The molecule has 1 aliphatic heterocycles. The molecular weight excluding hydrogens is 414 g/mol. The predicted octanol–water partition coefficient (Wildman–Crippen LogP) is 4.86. The third-order valence-corrected chi connectivity index (χ3v) is 5.48. The van der Waals surface area contributed by atoms with Crippen molar-refractivity contribution in [2.24, 2.45) is 0 Å². The molecule has 1 heterocycles. The summed E-state index contributed by atoms with van der Waals surface area (Å²) in [5, 5.41) is 3.21. The van der Waals surface area contributed by atoms with E-state index in [1.165, 1.54) is 4.90 Å². The minimum atomic E-state index is -0.417. The first-order valence-electron chi connectivity index (χ1n) is 10.9. The number of carbonyl (C=O) groups excluding carboxylic acids is 2. The Morgan fingerprint density at radius 2 is 1.55 bits per heavy atom. The van der Waals surface area contributed by atoms with E-state index in [0.717, 1.165) is 16.9 Å². The molecule has 0 saturated carbocycles. The molecular formula is C27H27N3O3. The first-order chi connectivity index (χ1) is 15.9. The molecule has 1 aliphatic rings. The smallest absolute Gasteiger partial charge is 0.282 e. The van der Waals surface area contributed by atoms with Crippen molar-refractivity contribution in [1.29, 1.82) is 0 Å². The average Bonchev–Trinajstić information content (AvgIpc) is 3.05. The van der Waals surface area contributed by atoms with Gasteiger partial charge >= 0.3 is 0 Å². The fraction of sp³-hybridized carbons (Fsp3) is 0.185. The summed E-state index contributed by atoms with van der Waals surface area (Å²) in [6.07, 6.45) is 0. The van der Waals surface area contributed by atoms with Gasteiger partial charge in [-0.05, 0) is 55.8 Å². The number of hydrogen-bond acceptors (Lipinski definition) is 5. The summed E-state index contributed by atoms with van der Waals surface area (Å²) in [4.78, 5) is 30.5. The Hall–Kier alpha value is -4.06. The van der Waals surface area contributed by atoms with Crippen LogP contribution in [0.3, 0.4) is 0 Å². The van der Waals surface area contributed by atoms with E-state index in [0.29, 0.717) is 29.2 Å². The topological polar surface area (TPSA) is 61.9 Å². The van der Waals surface area contributed by atoms with Gasteiger partial charge in [-0.2, -0.15) is 0 Å². The van der Waals surface area contributed by atoms with Crippen molar-refractivity contribution in [2.75, 3.05) is 35.8 Å². The van der Waals surface area contributed by atoms with E-state index in [2.05, 4.69) is 5.32 Å². The van der Waals surface area contributed by atoms with Crippen molar-refractivity contribution in [1.82, 2.24) is 0 Å². The molecule has 0 bridgehead atoms. The van der Waals surface area contributed by atoms with Gasteiger partial charge in [-0.15, -0.1) is 0 Å². The predicted molar refractivity (Wildman–Crippen MR) is 133 cm³/mol. The summed E-state index contributed by atoms with van der Waals surface area (Å²) in [5.74, 6) is -0.315. The molecule has 0 aromatic heterocycles. The number of nitrogens with zero attached hydrogens (tertiary/aromatic N) is 2. The van der Waals surface area contributed by atoms with Crippen LogP contribution in [-0.4, -0.2) is 32.5 Å². The third kappa shape index (κ3) is 4.32. The van der Waals surface area contributed by atoms with Gasteiger partial charge in [0, 0.05) is 25.5 Å². The number of rotatable bonds is 7. The van der Waals surface area contributed by atoms with Crippen molar-refractivity contribution < 1.29 is 14.3 Å². The Bertz CT molecular complexity index is 1210. The van der Waals surface area contributed by atoms with Crippen LogP contribution in [0.4, 0.5) is 17.1 Å². The Kier molecular flexibility index (Phi) is 6.18. The maximum absolute atomic E-state index is 13.6. The maximum atomic E-state index is 13.6. The summed E-state index contributed by atoms with van der Waals surface area (Å²) in [7, 11) is 3.93. The van der Waals surface area contributed by atoms with Gasteiger partial charge in [-0.25, -0.2) is 4.90 Å². The van der Waals surface area contributed by atoms with Crippen LogP contribution in [0.1, 0.15) is 18.1 Å². The number of nitrogens with one attached hydrogen (secondary N) is 1. The monoisotopic (exact) mass is 441 g/mol. The highest BCUT2D eigenvalue weighted by Crippen LogP contribution is 2.38. The molecule has 0 saturated heterocycles. The van der Waals surface area contributed by atoms with Crippen LogP contribution in [0.2, 0.25) is 0 Å². The minimum Gasteiger partial charge on any atom is -0.492 e.